The number of fused-ring (bicyclic) bond motifs is 2. The van der Waals surface area contributed by atoms with Gasteiger partial charge in [0.2, 0.25) is 6.79 Å². The van der Waals surface area contributed by atoms with Crippen LogP contribution in [0.3, 0.4) is 0 Å². The topological polar surface area (TPSA) is 74.9 Å². The maximum Gasteiger partial charge on any atom is 0.282 e. The summed E-state index contributed by atoms with van der Waals surface area (Å²) in [7, 11) is 0. The summed E-state index contributed by atoms with van der Waals surface area (Å²) >= 11 is 5.66. The van der Waals surface area contributed by atoms with Crippen molar-refractivity contribution in [2.24, 2.45) is 5.10 Å². The first-order chi connectivity index (χ1) is 16.9. The van der Waals surface area contributed by atoms with Crippen LogP contribution < -0.4 is 19.8 Å². The van der Waals surface area contributed by atoms with Gasteiger partial charge in [0.1, 0.15) is 18.2 Å². The van der Waals surface area contributed by atoms with Crippen LogP contribution in [0.5, 0.6) is 17.2 Å². The normalized spacial score (nSPS) is 12.7. The van der Waals surface area contributed by atoms with Crippen LogP contribution in [0.4, 0.5) is 0 Å². The third-order valence-corrected chi connectivity index (χ3v) is 6.80. The minimum absolute atomic E-state index is 0.0278. The zero-order valence-corrected chi connectivity index (χ0v) is 22.7. The molecule has 4 aromatic rings. The molecule has 0 saturated heterocycles. The van der Waals surface area contributed by atoms with E-state index in [1.165, 1.54) is 4.68 Å². The lowest BCUT2D eigenvalue weighted by Gasteiger charge is -2.12. The fourth-order valence-corrected chi connectivity index (χ4v) is 4.74. The fraction of sp³-hybridized carbons (Fsp3) is 0.192. The van der Waals surface area contributed by atoms with Crippen LogP contribution in [0.15, 0.2) is 69.0 Å². The van der Waals surface area contributed by atoms with Crippen LogP contribution in [-0.2, 0) is 6.61 Å². The summed E-state index contributed by atoms with van der Waals surface area (Å²) in [6.45, 7) is 4.64. The summed E-state index contributed by atoms with van der Waals surface area (Å²) in [6, 6.07) is 17.0. The molecule has 9 heteroatoms. The molecule has 5 rings (SSSR count). The Labute approximate surface area is 224 Å². The van der Waals surface area contributed by atoms with Gasteiger partial charge in [-0.1, -0.05) is 35.8 Å². The number of hydrogen-bond donors (Lipinski definition) is 0. The van der Waals surface area contributed by atoms with Gasteiger partial charge in [-0.2, -0.15) is 9.78 Å². The molecule has 0 radical (unpaired) electrons. The van der Waals surface area contributed by atoms with Gasteiger partial charge in [-0.05, 0) is 82.2 Å². The molecule has 2 heterocycles. The van der Waals surface area contributed by atoms with E-state index in [2.05, 4.69) is 48.6 Å². The van der Waals surface area contributed by atoms with Gasteiger partial charge in [0, 0.05) is 10.4 Å². The average Bonchev–Trinajstić information content (AvgIpc) is 3.31. The number of hydrogen-bond acceptors (Lipinski definition) is 6. The van der Waals surface area contributed by atoms with Crippen molar-refractivity contribution in [3.05, 3.63) is 89.9 Å². The second-order valence-electron chi connectivity index (χ2n) is 8.31. The van der Waals surface area contributed by atoms with Crippen molar-refractivity contribution >= 4 is 55.6 Å². The zero-order chi connectivity index (χ0) is 24.5. The molecule has 0 spiro atoms. The summed E-state index contributed by atoms with van der Waals surface area (Å²) in [5.41, 5.74) is 2.30. The van der Waals surface area contributed by atoms with E-state index in [1.54, 1.807) is 12.3 Å². The summed E-state index contributed by atoms with van der Waals surface area (Å²) in [6.07, 6.45) is 1.67. The first kappa shape index (κ1) is 23.8. The van der Waals surface area contributed by atoms with E-state index >= 15 is 0 Å². The van der Waals surface area contributed by atoms with E-state index in [4.69, 9.17) is 14.2 Å². The Morgan fingerprint density at radius 3 is 2.77 bits per heavy atom. The predicted molar refractivity (Wildman–Crippen MR) is 147 cm³/mol. The highest BCUT2D eigenvalue weighted by atomic mass is 127. The highest BCUT2D eigenvalue weighted by molar-refractivity contribution is 14.1. The maximum atomic E-state index is 13.2. The average molecular weight is 646 g/mol. The molecule has 0 bridgehead atoms. The standard InChI is InChI=1S/C26H21BrIN3O4/c1-15(2)25-30-21-6-5-18(27)11-19(21)26(32)31(25)29-12-16-3-7-22(20(28)9-16)33-13-17-4-8-23-24(10-17)35-14-34-23/h3-12,15H,13-14H2,1-2H3. The van der Waals surface area contributed by atoms with Crippen LogP contribution in [0.2, 0.25) is 0 Å². The van der Waals surface area contributed by atoms with Gasteiger partial charge in [-0.15, -0.1) is 0 Å². The van der Waals surface area contributed by atoms with E-state index in [-0.39, 0.29) is 18.3 Å². The van der Waals surface area contributed by atoms with Gasteiger partial charge in [0.15, 0.2) is 11.5 Å². The molecule has 35 heavy (non-hydrogen) atoms. The number of benzene rings is 3. The number of aromatic nitrogens is 2. The van der Waals surface area contributed by atoms with Crippen molar-refractivity contribution in [3.8, 4) is 17.2 Å². The Kier molecular flexibility index (Phi) is 6.79. The van der Waals surface area contributed by atoms with Crippen LogP contribution in [0, 0.1) is 3.57 Å². The van der Waals surface area contributed by atoms with Crippen molar-refractivity contribution in [1.82, 2.24) is 9.66 Å². The second-order valence-corrected chi connectivity index (χ2v) is 10.4. The minimum atomic E-state index is -0.199. The number of rotatable bonds is 6. The molecule has 178 valence electrons. The van der Waals surface area contributed by atoms with Crippen LogP contribution in [0.25, 0.3) is 10.9 Å². The summed E-state index contributed by atoms with van der Waals surface area (Å²) in [5, 5.41) is 5.02. The molecule has 0 fully saturated rings. The lowest BCUT2D eigenvalue weighted by molar-refractivity contribution is 0.174. The molecule has 3 aromatic carbocycles. The monoisotopic (exact) mass is 645 g/mol. The van der Waals surface area contributed by atoms with E-state index in [0.717, 1.165) is 36.4 Å². The van der Waals surface area contributed by atoms with Gasteiger partial charge in [0.05, 0.1) is 20.7 Å². The molecule has 7 nitrogen and oxygen atoms in total. The molecule has 0 N–H and O–H groups in total. The lowest BCUT2D eigenvalue weighted by atomic mass is 10.2. The van der Waals surface area contributed by atoms with Crippen molar-refractivity contribution in [1.29, 1.82) is 0 Å². The molecular weight excluding hydrogens is 625 g/mol. The van der Waals surface area contributed by atoms with Crippen molar-refractivity contribution in [3.63, 3.8) is 0 Å². The van der Waals surface area contributed by atoms with Crippen LogP contribution >= 0.6 is 38.5 Å². The van der Waals surface area contributed by atoms with Gasteiger partial charge in [-0.25, -0.2) is 4.98 Å². The second kappa shape index (κ2) is 9.98. The Hall–Kier alpha value is -2.92. The van der Waals surface area contributed by atoms with E-state index < -0.39 is 0 Å². The molecule has 0 unspecified atom stereocenters. The number of nitrogens with zero attached hydrogens (tertiary/aromatic N) is 3. The fourth-order valence-electron chi connectivity index (χ4n) is 3.68. The van der Waals surface area contributed by atoms with E-state index in [0.29, 0.717) is 23.3 Å². The van der Waals surface area contributed by atoms with Crippen molar-refractivity contribution < 1.29 is 14.2 Å². The maximum absolute atomic E-state index is 13.2. The minimum Gasteiger partial charge on any atom is -0.488 e. The van der Waals surface area contributed by atoms with Crippen LogP contribution in [-0.4, -0.2) is 22.7 Å². The molecule has 0 atom stereocenters. The quantitative estimate of drug-likeness (QED) is 0.188. The highest BCUT2D eigenvalue weighted by Crippen LogP contribution is 2.33. The first-order valence-corrected chi connectivity index (χ1v) is 12.8. The first-order valence-electron chi connectivity index (χ1n) is 11.0. The Balaban J connectivity index is 1.38. The molecule has 0 amide bonds. The van der Waals surface area contributed by atoms with E-state index in [1.807, 2.05) is 62.4 Å². The molecule has 0 aliphatic carbocycles. The molecule has 1 aromatic heterocycles. The predicted octanol–water partition coefficient (Wildman–Crippen LogP) is 6.08. The van der Waals surface area contributed by atoms with Gasteiger partial charge in [0.25, 0.3) is 5.56 Å². The smallest absolute Gasteiger partial charge is 0.282 e. The van der Waals surface area contributed by atoms with E-state index in [9.17, 15) is 4.79 Å². The summed E-state index contributed by atoms with van der Waals surface area (Å²) < 4.78 is 19.9. The van der Waals surface area contributed by atoms with Crippen molar-refractivity contribution in [2.45, 2.75) is 26.4 Å². The zero-order valence-electron chi connectivity index (χ0n) is 19.0. The van der Waals surface area contributed by atoms with Gasteiger partial charge < -0.3 is 14.2 Å². The van der Waals surface area contributed by atoms with Crippen LogP contribution in [0.1, 0.15) is 36.7 Å². The Morgan fingerprint density at radius 1 is 1.14 bits per heavy atom. The summed E-state index contributed by atoms with van der Waals surface area (Å²) in [5.74, 6) is 2.89. The number of halogens is 2. The summed E-state index contributed by atoms with van der Waals surface area (Å²) in [4.78, 5) is 17.9. The Morgan fingerprint density at radius 2 is 1.97 bits per heavy atom. The third kappa shape index (κ3) is 5.06. The largest absolute Gasteiger partial charge is 0.488 e. The van der Waals surface area contributed by atoms with Gasteiger partial charge in [-0.3, -0.25) is 4.79 Å². The lowest BCUT2D eigenvalue weighted by Crippen LogP contribution is -2.23. The highest BCUT2D eigenvalue weighted by Gasteiger charge is 2.15. The van der Waals surface area contributed by atoms with Gasteiger partial charge >= 0.3 is 0 Å². The number of ether oxygens (including phenoxy) is 3. The SMILES string of the molecule is CC(C)c1nc2ccc(Br)cc2c(=O)n1N=Cc1ccc(OCc2ccc3c(c2)OCO3)c(I)c1. The Bertz CT molecular complexity index is 1520. The molecular formula is C26H21BrIN3O4. The molecule has 1 aliphatic rings. The molecule has 0 saturated carbocycles. The van der Waals surface area contributed by atoms with Crippen molar-refractivity contribution in [2.75, 3.05) is 6.79 Å². The third-order valence-electron chi connectivity index (χ3n) is 5.46. The molecule has 1 aliphatic heterocycles.